The topological polar surface area (TPSA) is 29.6 Å². The highest BCUT2D eigenvalue weighted by molar-refractivity contribution is 6.90. The number of rotatable bonds is 4. The van der Waals surface area contributed by atoms with Gasteiger partial charge in [0.1, 0.15) is 0 Å². The Balaban J connectivity index is 0.000000184. The van der Waals surface area contributed by atoms with Crippen LogP contribution in [0.2, 0.25) is 78.6 Å². The molecule has 18 rings (SSSR count). The zero-order valence-electron chi connectivity index (χ0n) is 136. The van der Waals surface area contributed by atoms with E-state index < -0.39 is 227 Å². The van der Waals surface area contributed by atoms with Gasteiger partial charge in [-0.25, -0.2) is 0 Å². The molecule has 0 amide bonds. The van der Waals surface area contributed by atoms with Crippen molar-refractivity contribution in [3.05, 3.63) is 262 Å². The average molecular weight is 1880 g/mol. The second-order valence-corrected chi connectivity index (χ2v) is 63.8. The maximum absolute atomic E-state index is 8.99. The Kier molecular flexibility index (Phi) is 13.4. The largest absolute Gasteiger partial charge is 0.344 e. The van der Waals surface area contributed by atoms with Crippen LogP contribution in [0.5, 0.6) is 0 Å². The van der Waals surface area contributed by atoms with Crippen LogP contribution in [0.3, 0.4) is 0 Å². The molecule has 12 aromatic carbocycles. The molecule has 0 N–H and O–H groups in total. The van der Waals surface area contributed by atoms with Crippen LogP contribution in [0, 0.1) is 0 Å². The first-order chi connectivity index (χ1) is 83.1. The molecule has 18 aromatic rings. The summed E-state index contributed by atoms with van der Waals surface area (Å²) in [6.45, 7) is 6.60. The summed E-state index contributed by atoms with van der Waals surface area (Å²) in [7, 11) is 4.79. The van der Waals surface area contributed by atoms with Crippen LogP contribution in [-0.4, -0.2) is 59.7 Å². The Morgan fingerprint density at radius 2 is 0.364 bits per heavy atom. The number of fused-ring (bicyclic) bond motifs is 18. The van der Waals surface area contributed by atoms with Crippen LogP contribution >= 0.6 is 0 Å². The number of benzene rings is 12. The van der Waals surface area contributed by atoms with E-state index in [1.807, 2.05) is 114 Å². The number of aromatic nitrogens is 6. The zero-order chi connectivity index (χ0) is 143. The van der Waals surface area contributed by atoms with Gasteiger partial charge >= 0.3 is 0 Å². The van der Waals surface area contributed by atoms with E-state index in [-0.39, 0.29) is 57.9 Å². The molecule has 0 saturated heterocycles. The quantitative estimate of drug-likeness (QED) is 0.157. The van der Waals surface area contributed by atoms with Gasteiger partial charge in [0.2, 0.25) is 0 Å². The first-order valence-electron chi connectivity index (χ1n) is 71.3. The minimum Gasteiger partial charge on any atom is -0.344 e. The first-order valence-corrected chi connectivity index (χ1v) is 58.3. The van der Waals surface area contributed by atoms with Gasteiger partial charge in [0.15, 0.2) is 0 Å². The van der Waals surface area contributed by atoms with Crippen molar-refractivity contribution in [2.75, 3.05) is 0 Å². The Hall–Kier alpha value is -9.69. The summed E-state index contributed by atoms with van der Waals surface area (Å²) < 4.78 is 455. The van der Waals surface area contributed by atoms with E-state index in [4.69, 9.17) is 74.0 Å². The number of hydrogen-bond donors (Lipinski definition) is 0. The molecule has 0 unspecified atom stereocenters. The summed E-state index contributed by atoms with van der Waals surface area (Å²) in [5.41, 5.74) is -11.4. The molecule has 0 saturated carbocycles. The summed E-state index contributed by atoms with van der Waals surface area (Å²) >= 11 is 0. The van der Waals surface area contributed by atoms with Gasteiger partial charge < -0.3 is 27.4 Å². The fourth-order valence-corrected chi connectivity index (χ4v) is 20.7. The first kappa shape index (κ1) is 50.8. The molecule has 6 nitrogen and oxygen atoms in total. The minimum absolute atomic E-state index is 0.00253. The SMILES string of the molecule is Cn1c2ccc([Si](C)(C)C)cc2c2cc([Si](C)(C)C)ccc21.[2H]C([2H])([2H])C(c1ccc2c(c1)c1cc(C(C([2H])([2H])[2H])(C([2H])([2H])[2H])C([2H])([2H])[2H])ccc1n2C)(C([2H])([2H])[2H])C([2H])([2H])[2H].[2H]c1c(C(C([2H])([2H])[2H])(C([2H])([2H])[2H])C([2H])([2H])[2H])c([2H])c2c3c([2H])c(C(C([2H])([2H])[2H])(C([2H])([2H])[2H])C([2H])([2H])[2H])c([2H])c([2H])c3n(C)c2c1[2H].[2H]c1c(C(C)(C)C)c([2H])c2c3c([2H])c(C(C)(C)C)c([2H])c([2H])c3n(C)c2c1[2H].[2H]c1cc2c(c([2H])c1C(C)(C)C)c1c([2H])c(C(C)(C)C)c([2H])cc1n2C.[2H]c1cc2c(cc1[Si](C)(C)C)c1cc([Si](C)(C)C)c([2H])cc1n2C. The number of nitrogens with zero attached hydrogens (tertiary/aromatic N) is 6. The van der Waals surface area contributed by atoms with E-state index in [1.54, 1.807) is 45.7 Å². The summed E-state index contributed by atoms with van der Waals surface area (Å²) in [6, 6.07) is 28.8. The fraction of sp³-hybridized carbons (Fsp3) is 0.410. The van der Waals surface area contributed by atoms with E-state index in [1.165, 1.54) is 55.1 Å². The normalized spacial score (nSPS) is 20.3. The monoisotopic (exact) mass is 1880 g/mol. The van der Waals surface area contributed by atoms with E-state index in [2.05, 4.69) is 143 Å². The van der Waals surface area contributed by atoms with Crippen molar-refractivity contribution in [3.8, 4) is 0 Å². The van der Waals surface area contributed by atoms with Gasteiger partial charge in [-0.1, -0.05) is 361 Å². The predicted octanol–water partition coefficient (Wildman–Crippen LogP) is 32.5. The molecule has 6 aromatic heterocycles. The zero-order valence-corrected chi connectivity index (χ0v) is 86.1. The molecule has 0 bridgehead atoms. The maximum atomic E-state index is 8.99. The smallest absolute Gasteiger partial charge is 0.0776 e. The Labute approximate surface area is 874 Å². The van der Waals surface area contributed by atoms with Gasteiger partial charge in [0.25, 0.3) is 0 Å². The lowest BCUT2D eigenvalue weighted by Crippen LogP contribution is -2.37. The standard InChI is InChI=1S/4C21H27N.2C19H27NSi2/c4*1-20(2,3)14-8-10-18-16(12-14)17-13-15(21(4,5)6)9-11-19(17)22(18)7;2*1-20-18-10-8-14(21(2,3)4)12-16(18)17-13-15(22(5,6)7)9-11-19(17)20/h6*8-13H,1-7H3/i1D3,2D3,3D3,4D3,5D3,6D3,8D,9D,10D,11D,12D,13D;8D,9D,10D,11D,12D,13D;1D3,2D3,3D3,4D3,5D3,6D3;8D,9D,12D,13D;8D,9D;. The van der Waals surface area contributed by atoms with E-state index >= 15 is 0 Å². The molecule has 0 fully saturated rings. The minimum atomic E-state index is -4.01. The van der Waals surface area contributed by atoms with Crippen molar-refractivity contribution in [2.24, 2.45) is 42.3 Å². The third kappa shape index (κ3) is 20.3. The van der Waals surface area contributed by atoms with Crippen LogP contribution in [-0.2, 0) is 85.6 Å². The van der Waals surface area contributed by atoms with Crippen LogP contribution in [0.25, 0.3) is 131 Å². The third-order valence-corrected chi connectivity index (χ3v) is 32.4. The summed E-state index contributed by atoms with van der Waals surface area (Å²) in [5, 5.41) is 11.6. The van der Waals surface area contributed by atoms with Crippen LogP contribution in [0.1, 0.15) is 284 Å². The van der Waals surface area contributed by atoms with Crippen LogP contribution < -0.4 is 20.7 Å². The van der Waals surface area contributed by atoms with Gasteiger partial charge in [-0.15, -0.1) is 0 Å². The molecule has 10 heteroatoms. The van der Waals surface area contributed by atoms with Crippen molar-refractivity contribution in [2.45, 2.75) is 287 Å². The molecule has 0 radical (unpaired) electrons. The van der Waals surface area contributed by atoms with Gasteiger partial charge in [-0.2, -0.15) is 0 Å². The Morgan fingerprint density at radius 1 is 0.182 bits per heavy atom. The Morgan fingerprint density at radius 3 is 0.606 bits per heavy atom. The van der Waals surface area contributed by atoms with Crippen molar-refractivity contribution >= 4 is 184 Å². The second kappa shape index (κ2) is 34.9. The van der Waals surface area contributed by atoms with Gasteiger partial charge in [-0.05, 0) is 209 Å². The molecule has 0 atom stereocenters. The summed E-state index contributed by atoms with van der Waals surface area (Å²) in [4.78, 5) is 0. The molecular formula is C122H162N6Si4. The van der Waals surface area contributed by atoms with Crippen LogP contribution in [0.15, 0.2) is 218 Å². The molecule has 696 valence electrons. The molecule has 0 aliphatic heterocycles. The second-order valence-electron chi connectivity index (χ2n) is 43.6. The highest BCUT2D eigenvalue weighted by Crippen LogP contribution is 2.42. The van der Waals surface area contributed by atoms with Gasteiger partial charge in [-0.3, -0.25) is 0 Å². The number of hydrogen-bond acceptors (Lipinski definition) is 0. The fourth-order valence-electron chi connectivity index (χ4n) is 16.2. The summed E-state index contributed by atoms with van der Waals surface area (Å²) in [5.74, 6) is 0. The highest BCUT2D eigenvalue weighted by Gasteiger charge is 2.29. The van der Waals surface area contributed by atoms with Crippen molar-refractivity contribution in [1.82, 2.24) is 27.4 Å². The molecule has 0 aliphatic rings. The van der Waals surface area contributed by atoms with Crippen LogP contribution in [0.4, 0.5) is 0 Å². The van der Waals surface area contributed by atoms with Gasteiger partial charge in [0, 0.05) is 222 Å². The maximum Gasteiger partial charge on any atom is 0.0776 e. The lowest BCUT2D eigenvalue weighted by Gasteiger charge is -2.19. The van der Waals surface area contributed by atoms with E-state index in [0.717, 1.165) is 68.7 Å². The molecule has 0 spiro atoms. The lowest BCUT2D eigenvalue weighted by atomic mass is 9.85. The Bertz CT molecular complexity index is 9400. The van der Waals surface area contributed by atoms with Crippen molar-refractivity contribution < 1.29 is 74.0 Å². The summed E-state index contributed by atoms with van der Waals surface area (Å²) in [6.07, 6.45) is 0. The third-order valence-electron chi connectivity index (χ3n) is 24.6. The van der Waals surface area contributed by atoms with E-state index in [9.17, 15) is 0 Å². The van der Waals surface area contributed by atoms with E-state index in [0.29, 0.717) is 91.3 Å². The van der Waals surface area contributed by atoms with Crippen molar-refractivity contribution in [3.63, 3.8) is 0 Å². The molecular weight excluding hydrogens is 1660 g/mol. The predicted molar refractivity (Wildman–Crippen MR) is 604 cm³/mol. The molecule has 6 heterocycles. The van der Waals surface area contributed by atoms with Gasteiger partial charge in [0.05, 0.1) is 57.0 Å². The van der Waals surface area contributed by atoms with Crippen molar-refractivity contribution in [1.29, 1.82) is 0 Å². The average Bonchev–Trinajstić information content (AvgIpc) is 1.44. The molecule has 132 heavy (non-hydrogen) atoms. The highest BCUT2D eigenvalue weighted by atomic mass is 28.3. The number of aryl methyl sites for hydroxylation is 6. The molecule has 0 aliphatic carbocycles. The lowest BCUT2D eigenvalue weighted by molar-refractivity contribution is 0.590.